The predicted octanol–water partition coefficient (Wildman–Crippen LogP) is 18.7. The maximum atomic E-state index is 14.1. The number of ether oxygens (including phenoxy) is 3. The second-order valence-electron chi connectivity index (χ2n) is 23.2. The van der Waals surface area contributed by atoms with E-state index in [-0.39, 0.29) is 68.8 Å². The minimum Gasteiger partial charge on any atom is -0.463 e. The first-order chi connectivity index (χ1) is 37.2. The molecule has 0 spiro atoms. The Morgan fingerprint density at radius 2 is 0.658 bits per heavy atom. The molecule has 1 aliphatic heterocycles. The van der Waals surface area contributed by atoms with Gasteiger partial charge in [0.1, 0.15) is 25.4 Å². The highest BCUT2D eigenvalue weighted by Gasteiger charge is 2.40. The van der Waals surface area contributed by atoms with Gasteiger partial charge in [-0.25, -0.2) is 0 Å². The van der Waals surface area contributed by atoms with Crippen LogP contribution >= 0.6 is 0 Å². The summed E-state index contributed by atoms with van der Waals surface area (Å²) in [6, 6.07) is 0.395. The van der Waals surface area contributed by atoms with Crippen LogP contribution in [0.5, 0.6) is 0 Å². The smallest absolute Gasteiger partial charge is 0.305 e. The minimum atomic E-state index is -1.40. The van der Waals surface area contributed by atoms with E-state index >= 15 is 0 Å². The molecular formula is C67H122N2O7. The van der Waals surface area contributed by atoms with Crippen LogP contribution in [-0.2, 0) is 33.4 Å². The van der Waals surface area contributed by atoms with Crippen LogP contribution in [-0.4, -0.2) is 73.2 Å². The van der Waals surface area contributed by atoms with Crippen LogP contribution in [0.2, 0.25) is 0 Å². The number of rotatable bonds is 54. The van der Waals surface area contributed by atoms with Gasteiger partial charge in [-0.05, 0) is 136 Å². The van der Waals surface area contributed by atoms with Crippen molar-refractivity contribution in [2.24, 2.45) is 5.92 Å². The molecule has 1 heterocycles. The molecule has 1 amide bonds. The van der Waals surface area contributed by atoms with Crippen molar-refractivity contribution in [3.8, 4) is 0 Å². The summed E-state index contributed by atoms with van der Waals surface area (Å²) in [5.74, 6) is -1.51. The Morgan fingerprint density at radius 3 is 0.921 bits per heavy atom. The summed E-state index contributed by atoms with van der Waals surface area (Å²) in [7, 11) is 0. The largest absolute Gasteiger partial charge is 0.463 e. The number of likely N-dealkylation sites (tertiary alicyclic amines) is 1. The van der Waals surface area contributed by atoms with Gasteiger partial charge in [0.25, 0.3) is 0 Å². The molecule has 1 rings (SSSR count). The fourth-order valence-electron chi connectivity index (χ4n) is 10.2. The van der Waals surface area contributed by atoms with Crippen LogP contribution in [0.4, 0.5) is 0 Å². The molecule has 442 valence electrons. The molecule has 0 unspecified atom stereocenters. The highest BCUT2D eigenvalue weighted by atomic mass is 16.6. The van der Waals surface area contributed by atoms with Crippen LogP contribution < -0.4 is 5.32 Å². The zero-order valence-corrected chi connectivity index (χ0v) is 50.6. The topological polar surface area (TPSA) is 111 Å². The zero-order valence-electron chi connectivity index (χ0n) is 50.6. The van der Waals surface area contributed by atoms with Gasteiger partial charge >= 0.3 is 17.9 Å². The van der Waals surface area contributed by atoms with Crippen LogP contribution in [0.25, 0.3) is 0 Å². The molecule has 0 aliphatic carbocycles. The normalized spacial score (nSPS) is 13.7. The third-order valence-corrected chi connectivity index (χ3v) is 15.5. The molecule has 9 nitrogen and oxygen atoms in total. The summed E-state index contributed by atoms with van der Waals surface area (Å²) in [6.07, 6.45) is 62.0. The number of piperidine rings is 1. The lowest BCUT2D eigenvalue weighted by Crippen LogP contribution is -2.61. The Kier molecular flexibility index (Phi) is 49.3. The molecule has 0 aromatic carbocycles. The summed E-state index contributed by atoms with van der Waals surface area (Å²) in [4.78, 5) is 56.6. The maximum absolute atomic E-state index is 14.1. The number of amides is 1. The SMILES string of the molecule is CCCCCCCC/C=C\CCCCCCCC(=O)OCC(COC(=O)CCCCCCC/C=C\CCCCCCCC)(COC(=O)CCCCCCC/C=C\CCCCCCCC)NC(=O)C1CCN(C(C)C)CC1. The molecule has 0 aromatic rings. The van der Waals surface area contributed by atoms with Crippen molar-refractivity contribution in [2.75, 3.05) is 32.9 Å². The number of hydrogen-bond donors (Lipinski definition) is 1. The number of carbonyl (C=O) groups is 4. The molecule has 0 atom stereocenters. The number of nitrogens with zero attached hydrogens (tertiary/aromatic N) is 1. The second kappa shape index (κ2) is 52.7. The lowest BCUT2D eigenvalue weighted by atomic mass is 9.93. The Morgan fingerprint density at radius 1 is 0.408 bits per heavy atom. The Hall–Kier alpha value is -2.94. The maximum Gasteiger partial charge on any atom is 0.305 e. The summed E-state index contributed by atoms with van der Waals surface area (Å²) in [6.45, 7) is 12.0. The molecule has 0 saturated carbocycles. The lowest BCUT2D eigenvalue weighted by Gasteiger charge is -2.37. The van der Waals surface area contributed by atoms with Gasteiger partial charge in [0.05, 0.1) is 0 Å². The minimum absolute atomic E-state index is 0.182. The summed E-state index contributed by atoms with van der Waals surface area (Å²) >= 11 is 0. The van der Waals surface area contributed by atoms with Crippen molar-refractivity contribution in [1.29, 1.82) is 0 Å². The number of hydrogen-bond acceptors (Lipinski definition) is 8. The fraction of sp³-hybridized carbons (Fsp3) is 0.851. The monoisotopic (exact) mass is 1070 g/mol. The van der Waals surface area contributed by atoms with Crippen molar-refractivity contribution < 1.29 is 33.4 Å². The van der Waals surface area contributed by atoms with Gasteiger partial charge in [0.2, 0.25) is 5.91 Å². The van der Waals surface area contributed by atoms with Crippen molar-refractivity contribution in [3.63, 3.8) is 0 Å². The predicted molar refractivity (Wildman–Crippen MR) is 322 cm³/mol. The van der Waals surface area contributed by atoms with E-state index in [1.165, 1.54) is 135 Å². The van der Waals surface area contributed by atoms with E-state index in [9.17, 15) is 19.2 Å². The zero-order chi connectivity index (χ0) is 55.3. The van der Waals surface area contributed by atoms with Gasteiger partial charge in [-0.1, -0.05) is 211 Å². The van der Waals surface area contributed by atoms with Gasteiger partial charge in [-0.3, -0.25) is 19.2 Å². The van der Waals surface area contributed by atoms with Gasteiger partial charge in [-0.15, -0.1) is 0 Å². The van der Waals surface area contributed by atoms with Gasteiger partial charge < -0.3 is 24.4 Å². The molecule has 9 heteroatoms. The number of allylic oxidation sites excluding steroid dienone is 6. The molecule has 1 saturated heterocycles. The summed E-state index contributed by atoms with van der Waals surface area (Å²) in [5, 5.41) is 3.17. The Labute approximate surface area is 469 Å². The van der Waals surface area contributed by atoms with Crippen molar-refractivity contribution in [1.82, 2.24) is 10.2 Å². The van der Waals surface area contributed by atoms with Crippen LogP contribution in [0.15, 0.2) is 36.5 Å². The summed E-state index contributed by atoms with van der Waals surface area (Å²) < 4.78 is 17.8. The first-order valence-electron chi connectivity index (χ1n) is 32.6. The standard InChI is InChI=1S/C67H122N2O7/c1-6-9-12-15-18-21-24-27-30-33-36-39-42-45-48-51-63(70)74-58-67(68-66(73)62-54-56-69(57-55-62)61(4)5,59-75-64(71)52-49-46-43-40-37-34-31-28-25-22-19-16-13-10-7-2)60-76-65(72)53-50-47-44-41-38-35-32-29-26-23-20-17-14-11-8-3/h27-32,61-62H,6-26,33-60H2,1-5H3,(H,68,73)/b30-27-,31-28-,32-29-. The number of esters is 3. The molecule has 1 fully saturated rings. The van der Waals surface area contributed by atoms with Crippen LogP contribution in [0.1, 0.15) is 317 Å². The first kappa shape index (κ1) is 71.1. The number of nitrogens with one attached hydrogen (secondary N) is 1. The average Bonchev–Trinajstić information content (AvgIpc) is 3.42. The average molecular weight is 1070 g/mol. The lowest BCUT2D eigenvalue weighted by molar-refractivity contribution is -0.160. The third-order valence-electron chi connectivity index (χ3n) is 15.5. The fourth-order valence-corrected chi connectivity index (χ4v) is 10.2. The molecule has 0 bridgehead atoms. The van der Waals surface area contributed by atoms with Gasteiger partial charge in [0.15, 0.2) is 0 Å². The van der Waals surface area contributed by atoms with E-state index in [1.54, 1.807) is 0 Å². The molecule has 1 N–H and O–H groups in total. The van der Waals surface area contributed by atoms with E-state index in [1.807, 2.05) is 0 Å². The highest BCUT2D eigenvalue weighted by molar-refractivity contribution is 5.80. The van der Waals surface area contributed by atoms with Crippen molar-refractivity contribution >= 4 is 23.8 Å². The van der Waals surface area contributed by atoms with Crippen LogP contribution in [0.3, 0.4) is 0 Å². The van der Waals surface area contributed by atoms with E-state index < -0.39 is 5.54 Å². The number of carbonyl (C=O) groups excluding carboxylic acids is 4. The second-order valence-corrected chi connectivity index (χ2v) is 23.2. The molecule has 0 radical (unpaired) electrons. The first-order valence-corrected chi connectivity index (χ1v) is 32.6. The third kappa shape index (κ3) is 44.0. The Bertz CT molecular complexity index is 1310. The van der Waals surface area contributed by atoms with Crippen LogP contribution in [0, 0.1) is 5.92 Å². The molecule has 0 aromatic heterocycles. The van der Waals surface area contributed by atoms with E-state index in [0.717, 1.165) is 129 Å². The number of unbranched alkanes of at least 4 members (excludes halogenated alkanes) is 33. The summed E-state index contributed by atoms with van der Waals surface area (Å²) in [5.41, 5.74) is -1.40. The van der Waals surface area contributed by atoms with E-state index in [4.69, 9.17) is 14.2 Å². The van der Waals surface area contributed by atoms with Gasteiger partial charge in [0, 0.05) is 31.2 Å². The van der Waals surface area contributed by atoms with Crippen molar-refractivity contribution in [2.45, 2.75) is 329 Å². The highest BCUT2D eigenvalue weighted by Crippen LogP contribution is 2.23. The molecule has 1 aliphatic rings. The quantitative estimate of drug-likeness (QED) is 0.0278. The Balaban J connectivity index is 2.82. The van der Waals surface area contributed by atoms with Crippen molar-refractivity contribution in [3.05, 3.63) is 36.5 Å². The molecule has 76 heavy (non-hydrogen) atoms. The van der Waals surface area contributed by atoms with E-state index in [0.29, 0.717) is 18.9 Å². The van der Waals surface area contributed by atoms with E-state index in [2.05, 4.69) is 81.3 Å². The molecular weight excluding hydrogens is 945 g/mol. The van der Waals surface area contributed by atoms with Gasteiger partial charge in [-0.2, -0.15) is 0 Å².